The van der Waals surface area contributed by atoms with Crippen molar-refractivity contribution < 1.29 is 0 Å². The minimum absolute atomic E-state index is 0.639. The van der Waals surface area contributed by atoms with Crippen molar-refractivity contribution in [1.29, 1.82) is 0 Å². The first-order chi connectivity index (χ1) is 19.3. The molecule has 1 aliphatic heterocycles. The van der Waals surface area contributed by atoms with Gasteiger partial charge in [0.05, 0.1) is 0 Å². The minimum atomic E-state index is 0.639. The zero-order chi connectivity index (χ0) is 28.1. The van der Waals surface area contributed by atoms with E-state index in [1.165, 1.54) is 199 Å². The summed E-state index contributed by atoms with van der Waals surface area (Å²) in [6, 6.07) is 0. The molecule has 2 heteroatoms. The van der Waals surface area contributed by atoms with E-state index < -0.39 is 0 Å². The second-order valence-corrected chi connectivity index (χ2v) is 12.9. The Kier molecular flexibility index (Phi) is 26.9. The fraction of sp³-hybridized carbons (Fsp3) is 0.946. The number of rotatable bonds is 31. The lowest BCUT2D eigenvalue weighted by molar-refractivity contribution is 0.136. The van der Waals surface area contributed by atoms with Gasteiger partial charge in [-0.3, -0.25) is 0 Å². The van der Waals surface area contributed by atoms with Gasteiger partial charge in [-0.15, -0.1) is 0 Å². The monoisotopic (exact) mass is 547 g/mol. The van der Waals surface area contributed by atoms with Gasteiger partial charge in [0.1, 0.15) is 6.17 Å². The maximum atomic E-state index is 2.68. The highest BCUT2D eigenvalue weighted by atomic mass is 15.4. The summed E-state index contributed by atoms with van der Waals surface area (Å²) >= 11 is 0. The summed E-state index contributed by atoms with van der Waals surface area (Å²) in [5.74, 6) is 0. The van der Waals surface area contributed by atoms with Gasteiger partial charge in [-0.25, -0.2) is 0 Å². The predicted molar refractivity (Wildman–Crippen MR) is 177 cm³/mol. The Hall–Kier alpha value is -0.660. The highest BCUT2D eigenvalue weighted by Crippen LogP contribution is 2.23. The summed E-state index contributed by atoms with van der Waals surface area (Å²) in [5, 5.41) is 0. The normalized spacial score (nSPS) is 15.2. The molecule has 0 bridgehead atoms. The first-order valence-electron chi connectivity index (χ1n) is 18.5. The van der Waals surface area contributed by atoms with Crippen LogP contribution >= 0.6 is 0 Å². The molecule has 1 heterocycles. The Morgan fingerprint density at radius 1 is 0.333 bits per heavy atom. The van der Waals surface area contributed by atoms with Gasteiger partial charge >= 0.3 is 0 Å². The Bertz CT molecular complexity index is 502. The largest absolute Gasteiger partial charge is 0.356 e. The maximum absolute atomic E-state index is 2.68. The number of unbranched alkanes of at least 4 members (excludes halogenated alkanes) is 25. The van der Waals surface area contributed by atoms with Crippen LogP contribution in [0.4, 0.5) is 0 Å². The molecular formula is C37H74N2. The summed E-state index contributed by atoms with van der Waals surface area (Å²) < 4.78 is 0. The predicted octanol–water partition coefficient (Wildman–Crippen LogP) is 12.8. The van der Waals surface area contributed by atoms with E-state index in [1.54, 1.807) is 0 Å². The van der Waals surface area contributed by atoms with Crippen LogP contribution < -0.4 is 0 Å². The van der Waals surface area contributed by atoms with Crippen LogP contribution in [0.5, 0.6) is 0 Å². The SMILES string of the molecule is CCCCCCCCCCCCCCCCCCN1C=CN(CCCCCCCCCCCC)C1CCCC. The van der Waals surface area contributed by atoms with Gasteiger partial charge in [0, 0.05) is 25.5 Å². The van der Waals surface area contributed by atoms with Gasteiger partial charge < -0.3 is 9.80 Å². The number of nitrogens with zero attached hydrogens (tertiary/aromatic N) is 2. The molecule has 0 amide bonds. The van der Waals surface area contributed by atoms with Gasteiger partial charge in [0.15, 0.2) is 0 Å². The molecule has 0 N–H and O–H groups in total. The molecule has 0 saturated carbocycles. The lowest BCUT2D eigenvalue weighted by atomic mass is 10.0. The summed E-state index contributed by atoms with van der Waals surface area (Å²) in [4.78, 5) is 5.35. The van der Waals surface area contributed by atoms with E-state index in [9.17, 15) is 0 Å². The first kappa shape index (κ1) is 36.4. The van der Waals surface area contributed by atoms with Crippen molar-refractivity contribution in [2.45, 2.75) is 213 Å². The van der Waals surface area contributed by atoms with Crippen molar-refractivity contribution in [3.63, 3.8) is 0 Å². The maximum Gasteiger partial charge on any atom is 0.101 e. The third-order valence-corrected chi connectivity index (χ3v) is 9.07. The fourth-order valence-corrected chi connectivity index (χ4v) is 6.35. The molecule has 1 rings (SSSR count). The van der Waals surface area contributed by atoms with E-state index in [4.69, 9.17) is 0 Å². The van der Waals surface area contributed by atoms with E-state index in [0.717, 1.165) is 0 Å². The Morgan fingerprint density at radius 3 is 0.872 bits per heavy atom. The fourth-order valence-electron chi connectivity index (χ4n) is 6.35. The molecule has 39 heavy (non-hydrogen) atoms. The second kappa shape index (κ2) is 28.9. The van der Waals surface area contributed by atoms with Crippen LogP contribution in [-0.4, -0.2) is 29.1 Å². The molecule has 1 unspecified atom stereocenters. The molecule has 0 spiro atoms. The van der Waals surface area contributed by atoms with Crippen molar-refractivity contribution in [3.8, 4) is 0 Å². The number of hydrogen-bond donors (Lipinski definition) is 0. The van der Waals surface area contributed by atoms with Crippen molar-refractivity contribution in [1.82, 2.24) is 9.80 Å². The van der Waals surface area contributed by atoms with E-state index in [2.05, 4.69) is 43.0 Å². The second-order valence-electron chi connectivity index (χ2n) is 12.9. The van der Waals surface area contributed by atoms with Gasteiger partial charge in [-0.1, -0.05) is 181 Å². The third-order valence-electron chi connectivity index (χ3n) is 9.07. The highest BCUT2D eigenvalue weighted by molar-refractivity contribution is 4.96. The quantitative estimate of drug-likeness (QED) is 0.0798. The van der Waals surface area contributed by atoms with Gasteiger partial charge in [-0.2, -0.15) is 0 Å². The van der Waals surface area contributed by atoms with E-state index in [-0.39, 0.29) is 0 Å². The summed E-state index contributed by atoms with van der Waals surface area (Å²) in [6.45, 7) is 9.48. The minimum Gasteiger partial charge on any atom is -0.356 e. The molecule has 0 saturated heterocycles. The van der Waals surface area contributed by atoms with Crippen LogP contribution in [0.1, 0.15) is 207 Å². The average molecular weight is 547 g/mol. The van der Waals surface area contributed by atoms with Crippen molar-refractivity contribution in [3.05, 3.63) is 12.4 Å². The van der Waals surface area contributed by atoms with Crippen LogP contribution in [0.25, 0.3) is 0 Å². The summed E-state index contributed by atoms with van der Waals surface area (Å²) in [7, 11) is 0. The molecule has 0 aliphatic carbocycles. The molecule has 0 aromatic heterocycles. The van der Waals surface area contributed by atoms with Crippen LogP contribution in [0.2, 0.25) is 0 Å². The molecule has 2 nitrogen and oxygen atoms in total. The third kappa shape index (κ3) is 21.7. The molecule has 0 aromatic rings. The molecule has 0 aromatic carbocycles. The van der Waals surface area contributed by atoms with Crippen molar-refractivity contribution in [2.24, 2.45) is 0 Å². The first-order valence-corrected chi connectivity index (χ1v) is 18.5. The van der Waals surface area contributed by atoms with Crippen LogP contribution in [0.3, 0.4) is 0 Å². The van der Waals surface area contributed by atoms with Crippen LogP contribution in [0.15, 0.2) is 12.4 Å². The Morgan fingerprint density at radius 2 is 0.590 bits per heavy atom. The van der Waals surface area contributed by atoms with Crippen molar-refractivity contribution in [2.75, 3.05) is 13.1 Å². The molecule has 232 valence electrons. The molecule has 1 aliphatic rings. The Balaban J connectivity index is 1.99. The van der Waals surface area contributed by atoms with E-state index in [1.807, 2.05) is 0 Å². The average Bonchev–Trinajstić information content (AvgIpc) is 3.33. The number of hydrogen-bond acceptors (Lipinski definition) is 2. The van der Waals surface area contributed by atoms with E-state index in [0.29, 0.717) is 6.17 Å². The lowest BCUT2D eigenvalue weighted by Crippen LogP contribution is -2.39. The van der Waals surface area contributed by atoms with Crippen molar-refractivity contribution >= 4 is 0 Å². The smallest absolute Gasteiger partial charge is 0.101 e. The van der Waals surface area contributed by atoms with Crippen LogP contribution in [0, 0.1) is 0 Å². The molecule has 0 radical (unpaired) electrons. The highest BCUT2D eigenvalue weighted by Gasteiger charge is 2.24. The van der Waals surface area contributed by atoms with Gasteiger partial charge in [0.2, 0.25) is 0 Å². The molecule has 0 fully saturated rings. The lowest BCUT2D eigenvalue weighted by Gasteiger charge is -2.33. The zero-order valence-corrected chi connectivity index (χ0v) is 27.5. The Labute approximate surface area is 248 Å². The standard InChI is InChI=1S/C37H74N2/c1-4-7-10-12-14-16-18-19-20-21-22-23-25-27-29-31-34-39-36-35-38(37(39)32-9-6-3)33-30-28-26-24-17-15-13-11-8-5-2/h35-37H,4-34H2,1-3H3. The van der Waals surface area contributed by atoms with Crippen LogP contribution in [-0.2, 0) is 0 Å². The van der Waals surface area contributed by atoms with E-state index >= 15 is 0 Å². The topological polar surface area (TPSA) is 6.48 Å². The molecular weight excluding hydrogens is 472 g/mol. The summed E-state index contributed by atoms with van der Waals surface area (Å²) in [5.41, 5.74) is 0. The zero-order valence-electron chi connectivity index (χ0n) is 27.5. The summed E-state index contributed by atoms with van der Waals surface area (Å²) in [6.07, 6.45) is 47.0. The molecule has 1 atom stereocenters. The van der Waals surface area contributed by atoms with Gasteiger partial charge in [-0.05, 0) is 25.7 Å². The van der Waals surface area contributed by atoms with Gasteiger partial charge in [0.25, 0.3) is 0 Å².